The van der Waals surface area contributed by atoms with Crippen molar-refractivity contribution in [2.75, 3.05) is 6.61 Å². The molecule has 1 aliphatic carbocycles. The molecule has 0 aliphatic heterocycles. The maximum atomic E-state index is 11.4. The molecule has 0 heterocycles. The molecule has 0 saturated heterocycles. The van der Waals surface area contributed by atoms with Crippen molar-refractivity contribution < 1.29 is 19.4 Å². The summed E-state index contributed by atoms with van der Waals surface area (Å²) in [5.41, 5.74) is 0.857. The van der Waals surface area contributed by atoms with Crippen molar-refractivity contribution in [2.24, 2.45) is 5.92 Å². The third kappa shape index (κ3) is 3.73. The summed E-state index contributed by atoms with van der Waals surface area (Å²) in [6.07, 6.45) is 3.80. The van der Waals surface area contributed by atoms with Crippen molar-refractivity contribution in [1.82, 2.24) is 0 Å². The van der Waals surface area contributed by atoms with Crippen LogP contribution in [0.2, 0.25) is 0 Å². The summed E-state index contributed by atoms with van der Waals surface area (Å²) < 4.78 is 4.91. The minimum atomic E-state index is -1.15. The predicted octanol–water partition coefficient (Wildman–Crippen LogP) is 0.416. The van der Waals surface area contributed by atoms with Crippen molar-refractivity contribution in [3.8, 4) is 0 Å². The zero-order chi connectivity index (χ0) is 11.3. The molecule has 4 heteroatoms. The Morgan fingerprint density at radius 3 is 2.53 bits per heavy atom. The number of carbonyl (C=O) groups excluding carboxylic acids is 2. The van der Waals surface area contributed by atoms with Gasteiger partial charge < -0.3 is 14.6 Å². The molecule has 0 aromatic heterocycles. The van der Waals surface area contributed by atoms with Gasteiger partial charge in [0.2, 0.25) is 0 Å². The zero-order valence-corrected chi connectivity index (χ0v) is 8.82. The molecule has 0 aromatic carbocycles. The van der Waals surface area contributed by atoms with Gasteiger partial charge in [-0.25, -0.2) is 0 Å². The summed E-state index contributed by atoms with van der Waals surface area (Å²) in [5.74, 6) is -1.38. The molecule has 0 amide bonds. The Labute approximate surface area is 88.9 Å². The Hall–Kier alpha value is -1.32. The number of carboxylic acid groups (broad SMARTS) is 1. The summed E-state index contributed by atoms with van der Waals surface area (Å²) >= 11 is 0. The Balaban J connectivity index is 2.42. The van der Waals surface area contributed by atoms with E-state index in [2.05, 4.69) is 0 Å². The number of esters is 1. The van der Waals surface area contributed by atoms with Crippen molar-refractivity contribution in [3.05, 3.63) is 11.6 Å². The zero-order valence-electron chi connectivity index (χ0n) is 8.82. The summed E-state index contributed by atoms with van der Waals surface area (Å²) in [4.78, 5) is 21.7. The standard InChI is InChI=1S/C11H16O4/c1-2-15-11(14)9-5-3-8(4-6-9)7-10(12)13/h7,9H,2-6H2,1H3,(H,12,13)/p-1. The average molecular weight is 211 g/mol. The lowest BCUT2D eigenvalue weighted by Crippen LogP contribution is -2.23. The number of rotatable bonds is 3. The van der Waals surface area contributed by atoms with E-state index in [1.54, 1.807) is 6.92 Å². The summed E-state index contributed by atoms with van der Waals surface area (Å²) in [6, 6.07) is 0. The lowest BCUT2D eigenvalue weighted by Gasteiger charge is -2.22. The highest BCUT2D eigenvalue weighted by Gasteiger charge is 2.23. The van der Waals surface area contributed by atoms with Gasteiger partial charge in [0.15, 0.2) is 0 Å². The largest absolute Gasteiger partial charge is 0.545 e. The predicted molar refractivity (Wildman–Crippen MR) is 51.7 cm³/mol. The van der Waals surface area contributed by atoms with Crippen LogP contribution < -0.4 is 5.11 Å². The third-order valence-corrected chi connectivity index (χ3v) is 2.57. The number of aliphatic carboxylic acids is 1. The third-order valence-electron chi connectivity index (χ3n) is 2.57. The molecule has 1 rings (SSSR count). The highest BCUT2D eigenvalue weighted by molar-refractivity contribution is 5.79. The number of ether oxygens (including phenoxy) is 1. The number of hydrogen-bond acceptors (Lipinski definition) is 4. The van der Waals surface area contributed by atoms with Gasteiger partial charge in [-0.05, 0) is 38.7 Å². The van der Waals surface area contributed by atoms with Gasteiger partial charge in [0.1, 0.15) is 0 Å². The lowest BCUT2D eigenvalue weighted by molar-refractivity contribution is -0.297. The first kappa shape index (κ1) is 11.8. The molecule has 84 valence electrons. The van der Waals surface area contributed by atoms with Crippen LogP contribution in [0.1, 0.15) is 32.6 Å². The molecule has 0 atom stereocenters. The second-order valence-electron chi connectivity index (χ2n) is 3.65. The molecular weight excluding hydrogens is 196 g/mol. The fourth-order valence-corrected chi connectivity index (χ4v) is 1.80. The van der Waals surface area contributed by atoms with Gasteiger partial charge in [0, 0.05) is 0 Å². The minimum absolute atomic E-state index is 0.0659. The molecule has 0 aromatic rings. The van der Waals surface area contributed by atoms with E-state index in [4.69, 9.17) is 4.74 Å². The van der Waals surface area contributed by atoms with Gasteiger partial charge in [-0.3, -0.25) is 4.79 Å². The summed E-state index contributed by atoms with van der Waals surface area (Å²) in [7, 11) is 0. The van der Waals surface area contributed by atoms with Crippen LogP contribution in [-0.4, -0.2) is 18.5 Å². The van der Waals surface area contributed by atoms with E-state index in [0.29, 0.717) is 32.3 Å². The van der Waals surface area contributed by atoms with Gasteiger partial charge in [-0.1, -0.05) is 5.57 Å². The van der Waals surface area contributed by atoms with Gasteiger partial charge in [-0.2, -0.15) is 0 Å². The van der Waals surface area contributed by atoms with Gasteiger partial charge in [-0.15, -0.1) is 0 Å². The highest BCUT2D eigenvalue weighted by Crippen LogP contribution is 2.28. The SMILES string of the molecule is CCOC(=O)C1CCC(=CC(=O)[O-])CC1. The number of allylic oxidation sites excluding steroid dienone is 1. The lowest BCUT2D eigenvalue weighted by atomic mass is 9.86. The van der Waals surface area contributed by atoms with Gasteiger partial charge in [0.25, 0.3) is 0 Å². The molecule has 0 spiro atoms. The first-order valence-electron chi connectivity index (χ1n) is 5.20. The molecule has 0 bridgehead atoms. The van der Waals surface area contributed by atoms with Gasteiger partial charge in [0.05, 0.1) is 18.5 Å². The van der Waals surface area contributed by atoms with Crippen LogP contribution in [0, 0.1) is 5.92 Å². The van der Waals surface area contributed by atoms with Crippen LogP contribution in [0.4, 0.5) is 0 Å². The summed E-state index contributed by atoms with van der Waals surface area (Å²) in [5, 5.41) is 10.3. The smallest absolute Gasteiger partial charge is 0.308 e. The average Bonchev–Trinajstić information content (AvgIpc) is 2.18. The van der Waals surface area contributed by atoms with E-state index in [1.165, 1.54) is 0 Å². The molecular formula is C11H15O4-. The number of carboxylic acids is 1. The monoisotopic (exact) mass is 211 g/mol. The maximum Gasteiger partial charge on any atom is 0.308 e. The Bertz CT molecular complexity index is 270. The molecule has 0 unspecified atom stereocenters. The minimum Gasteiger partial charge on any atom is -0.545 e. The fourth-order valence-electron chi connectivity index (χ4n) is 1.80. The van der Waals surface area contributed by atoms with E-state index < -0.39 is 5.97 Å². The number of carbonyl (C=O) groups is 2. The Morgan fingerprint density at radius 1 is 1.47 bits per heavy atom. The van der Waals surface area contributed by atoms with Gasteiger partial charge >= 0.3 is 5.97 Å². The highest BCUT2D eigenvalue weighted by atomic mass is 16.5. The molecule has 0 N–H and O–H groups in total. The van der Waals surface area contributed by atoms with Crippen molar-refractivity contribution in [2.45, 2.75) is 32.6 Å². The molecule has 0 radical (unpaired) electrons. The van der Waals surface area contributed by atoms with E-state index in [0.717, 1.165) is 11.6 Å². The molecule has 4 nitrogen and oxygen atoms in total. The van der Waals surface area contributed by atoms with Crippen LogP contribution >= 0.6 is 0 Å². The Morgan fingerprint density at radius 2 is 2.07 bits per heavy atom. The van der Waals surface area contributed by atoms with Crippen LogP contribution in [-0.2, 0) is 14.3 Å². The second kappa shape index (κ2) is 5.53. The molecule has 1 aliphatic rings. The van der Waals surface area contributed by atoms with E-state index in [1.807, 2.05) is 0 Å². The van der Waals surface area contributed by atoms with E-state index >= 15 is 0 Å². The van der Waals surface area contributed by atoms with Crippen molar-refractivity contribution >= 4 is 11.9 Å². The van der Waals surface area contributed by atoms with Crippen LogP contribution in [0.25, 0.3) is 0 Å². The molecule has 1 fully saturated rings. The topological polar surface area (TPSA) is 66.4 Å². The van der Waals surface area contributed by atoms with Crippen LogP contribution in [0.3, 0.4) is 0 Å². The summed E-state index contributed by atoms with van der Waals surface area (Å²) in [6.45, 7) is 2.18. The number of hydrogen-bond donors (Lipinski definition) is 0. The van der Waals surface area contributed by atoms with E-state index in [-0.39, 0.29) is 11.9 Å². The molecule has 1 saturated carbocycles. The first-order chi connectivity index (χ1) is 7.13. The van der Waals surface area contributed by atoms with Crippen LogP contribution in [0.15, 0.2) is 11.6 Å². The van der Waals surface area contributed by atoms with Crippen molar-refractivity contribution in [3.63, 3.8) is 0 Å². The quantitative estimate of drug-likeness (QED) is 0.501. The first-order valence-corrected chi connectivity index (χ1v) is 5.20. The van der Waals surface area contributed by atoms with E-state index in [9.17, 15) is 14.7 Å². The fraction of sp³-hybridized carbons (Fsp3) is 0.636. The van der Waals surface area contributed by atoms with Crippen molar-refractivity contribution in [1.29, 1.82) is 0 Å². The normalized spacial score (nSPS) is 20.9. The Kier molecular flexibility index (Phi) is 4.34. The maximum absolute atomic E-state index is 11.4. The van der Waals surface area contributed by atoms with Crippen LogP contribution in [0.5, 0.6) is 0 Å². The second-order valence-corrected chi connectivity index (χ2v) is 3.65. The molecule has 15 heavy (non-hydrogen) atoms.